The van der Waals surface area contributed by atoms with Crippen LogP contribution in [0.25, 0.3) is 0 Å². The molecular weight excluding hydrogens is 407 g/mol. The highest BCUT2D eigenvalue weighted by Gasteiger charge is 2.41. The van der Waals surface area contributed by atoms with Gasteiger partial charge in [-0.2, -0.15) is 4.31 Å². The molecule has 0 aliphatic carbocycles. The molecule has 6 nitrogen and oxygen atoms in total. The fourth-order valence-electron chi connectivity index (χ4n) is 3.60. The van der Waals surface area contributed by atoms with Gasteiger partial charge in [-0.3, -0.25) is 4.79 Å². The zero-order chi connectivity index (χ0) is 21.8. The first-order valence-electron chi connectivity index (χ1n) is 10.0. The maximum Gasteiger partial charge on any atom is 0.243 e. The standard InChI is InChI=1S/C22H27FN2O4S/c1-3-29-19-9-11-20(12-10-19)30(27,28)25-14-4-13-22(2,16-25)21(26)24-15-17-5-7-18(23)8-6-17/h5-12H,3-4,13-16H2,1-2H3,(H,24,26)/t22-/m1/s1. The number of rotatable bonds is 7. The van der Waals surface area contributed by atoms with Crippen LogP contribution in [0, 0.1) is 11.2 Å². The van der Waals surface area contributed by atoms with Gasteiger partial charge in [-0.25, -0.2) is 12.8 Å². The molecule has 2 aromatic carbocycles. The van der Waals surface area contributed by atoms with Crippen molar-refractivity contribution in [2.24, 2.45) is 5.41 Å². The lowest BCUT2D eigenvalue weighted by Crippen LogP contribution is -2.51. The lowest BCUT2D eigenvalue weighted by atomic mass is 9.82. The Labute approximate surface area is 177 Å². The molecule has 3 rings (SSSR count). The zero-order valence-electron chi connectivity index (χ0n) is 17.2. The Bertz CT molecular complexity index is 977. The van der Waals surface area contributed by atoms with E-state index in [2.05, 4.69) is 5.32 Å². The number of carbonyl (C=O) groups excluding carboxylic acids is 1. The summed E-state index contributed by atoms with van der Waals surface area (Å²) in [7, 11) is -3.71. The summed E-state index contributed by atoms with van der Waals surface area (Å²) in [6.45, 7) is 4.89. The summed E-state index contributed by atoms with van der Waals surface area (Å²) in [6.07, 6.45) is 1.19. The number of nitrogens with zero attached hydrogens (tertiary/aromatic N) is 1. The van der Waals surface area contributed by atoms with Crippen LogP contribution >= 0.6 is 0 Å². The highest BCUT2D eigenvalue weighted by atomic mass is 32.2. The Kier molecular flexibility index (Phi) is 6.77. The average molecular weight is 435 g/mol. The van der Waals surface area contributed by atoms with E-state index in [0.29, 0.717) is 31.7 Å². The molecule has 8 heteroatoms. The molecule has 0 saturated carbocycles. The number of amides is 1. The van der Waals surface area contributed by atoms with Crippen LogP contribution in [0.15, 0.2) is 53.4 Å². The molecule has 0 aromatic heterocycles. The molecule has 1 N–H and O–H groups in total. The largest absolute Gasteiger partial charge is 0.494 e. The monoisotopic (exact) mass is 434 g/mol. The maximum absolute atomic E-state index is 13.1. The molecule has 1 saturated heterocycles. The summed E-state index contributed by atoms with van der Waals surface area (Å²) in [5, 5.41) is 2.86. The second-order valence-corrected chi connectivity index (χ2v) is 9.65. The van der Waals surface area contributed by atoms with Crippen molar-refractivity contribution < 1.29 is 22.3 Å². The van der Waals surface area contributed by atoms with E-state index in [1.807, 2.05) is 6.92 Å². The van der Waals surface area contributed by atoms with Crippen LogP contribution in [0.5, 0.6) is 5.75 Å². The lowest BCUT2D eigenvalue weighted by Gasteiger charge is -2.38. The van der Waals surface area contributed by atoms with Gasteiger partial charge >= 0.3 is 0 Å². The van der Waals surface area contributed by atoms with E-state index >= 15 is 0 Å². The first-order valence-corrected chi connectivity index (χ1v) is 11.4. The third-order valence-corrected chi connectivity index (χ3v) is 7.21. The molecule has 1 aliphatic heterocycles. The second kappa shape index (κ2) is 9.14. The summed E-state index contributed by atoms with van der Waals surface area (Å²) >= 11 is 0. The summed E-state index contributed by atoms with van der Waals surface area (Å²) < 4.78 is 46.0. The van der Waals surface area contributed by atoms with Crippen molar-refractivity contribution in [1.29, 1.82) is 0 Å². The van der Waals surface area contributed by atoms with Gasteiger partial charge < -0.3 is 10.1 Å². The Hall–Kier alpha value is -2.45. The van der Waals surface area contributed by atoms with Gasteiger partial charge in [0.15, 0.2) is 0 Å². The minimum absolute atomic E-state index is 0.109. The molecular formula is C22H27FN2O4S. The smallest absolute Gasteiger partial charge is 0.243 e. The number of sulfonamides is 1. The summed E-state index contributed by atoms with van der Waals surface area (Å²) in [4.78, 5) is 13.0. The van der Waals surface area contributed by atoms with Gasteiger partial charge in [0, 0.05) is 19.6 Å². The first-order chi connectivity index (χ1) is 14.2. The van der Waals surface area contributed by atoms with E-state index in [1.165, 1.54) is 28.6 Å². The van der Waals surface area contributed by atoms with Gasteiger partial charge in [-0.1, -0.05) is 12.1 Å². The van der Waals surface area contributed by atoms with Crippen LogP contribution in [-0.2, 0) is 21.4 Å². The zero-order valence-corrected chi connectivity index (χ0v) is 18.0. The highest BCUT2D eigenvalue weighted by Crippen LogP contribution is 2.33. The van der Waals surface area contributed by atoms with Gasteiger partial charge in [0.1, 0.15) is 11.6 Å². The number of piperidine rings is 1. The van der Waals surface area contributed by atoms with E-state index in [1.54, 1.807) is 31.2 Å². The van der Waals surface area contributed by atoms with E-state index < -0.39 is 15.4 Å². The Balaban J connectivity index is 1.69. The van der Waals surface area contributed by atoms with Crippen LogP contribution < -0.4 is 10.1 Å². The van der Waals surface area contributed by atoms with Gasteiger partial charge in [0.2, 0.25) is 15.9 Å². The van der Waals surface area contributed by atoms with E-state index in [9.17, 15) is 17.6 Å². The third kappa shape index (κ3) is 4.99. The molecule has 0 bridgehead atoms. The lowest BCUT2D eigenvalue weighted by molar-refractivity contribution is -0.132. The van der Waals surface area contributed by atoms with Crippen LogP contribution in [-0.4, -0.2) is 38.3 Å². The van der Waals surface area contributed by atoms with Crippen molar-refractivity contribution in [2.45, 2.75) is 38.1 Å². The summed E-state index contributed by atoms with van der Waals surface area (Å²) in [6, 6.07) is 12.2. The Morgan fingerprint density at radius 1 is 1.17 bits per heavy atom. The first kappa shape index (κ1) is 22.2. The number of hydrogen-bond acceptors (Lipinski definition) is 4. The van der Waals surface area contributed by atoms with Crippen molar-refractivity contribution in [3.05, 3.63) is 59.9 Å². The van der Waals surface area contributed by atoms with Crippen molar-refractivity contribution in [3.63, 3.8) is 0 Å². The van der Waals surface area contributed by atoms with Gasteiger partial charge in [-0.05, 0) is 68.7 Å². The second-order valence-electron chi connectivity index (χ2n) is 7.72. The third-order valence-electron chi connectivity index (χ3n) is 5.35. The fraction of sp³-hybridized carbons (Fsp3) is 0.409. The predicted octanol–water partition coefficient (Wildman–Crippen LogP) is 3.33. The fourth-order valence-corrected chi connectivity index (χ4v) is 5.21. The van der Waals surface area contributed by atoms with Gasteiger partial charge in [0.25, 0.3) is 0 Å². The molecule has 0 unspecified atom stereocenters. The topological polar surface area (TPSA) is 75.7 Å². The van der Waals surface area contributed by atoms with E-state index in [-0.39, 0.29) is 29.7 Å². The highest BCUT2D eigenvalue weighted by molar-refractivity contribution is 7.89. The molecule has 0 spiro atoms. The molecule has 0 radical (unpaired) electrons. The molecule has 162 valence electrons. The van der Waals surface area contributed by atoms with Crippen LogP contribution in [0.1, 0.15) is 32.3 Å². The summed E-state index contributed by atoms with van der Waals surface area (Å²) in [5.41, 5.74) is -0.0561. The maximum atomic E-state index is 13.1. The molecule has 1 aliphatic rings. The van der Waals surface area contributed by atoms with E-state index in [4.69, 9.17) is 4.74 Å². The van der Waals surface area contributed by atoms with Crippen molar-refractivity contribution in [2.75, 3.05) is 19.7 Å². The van der Waals surface area contributed by atoms with E-state index in [0.717, 1.165) is 5.56 Å². The quantitative estimate of drug-likeness (QED) is 0.725. The van der Waals surface area contributed by atoms with Crippen LogP contribution in [0.3, 0.4) is 0 Å². The predicted molar refractivity (Wildman–Crippen MR) is 112 cm³/mol. The van der Waals surface area contributed by atoms with Crippen LogP contribution in [0.2, 0.25) is 0 Å². The van der Waals surface area contributed by atoms with Gasteiger partial charge in [0.05, 0.1) is 16.9 Å². The minimum atomic E-state index is -3.71. The molecule has 2 aromatic rings. The molecule has 1 heterocycles. The average Bonchev–Trinajstić information content (AvgIpc) is 2.74. The van der Waals surface area contributed by atoms with Crippen molar-refractivity contribution in [3.8, 4) is 5.75 Å². The normalized spacial score (nSPS) is 20.0. The molecule has 1 amide bonds. The Morgan fingerprint density at radius 2 is 1.83 bits per heavy atom. The Morgan fingerprint density at radius 3 is 2.47 bits per heavy atom. The number of hydrogen-bond donors (Lipinski definition) is 1. The summed E-state index contributed by atoms with van der Waals surface area (Å²) in [5.74, 6) is 0.0676. The number of benzene rings is 2. The number of carbonyl (C=O) groups is 1. The van der Waals surface area contributed by atoms with Crippen molar-refractivity contribution in [1.82, 2.24) is 9.62 Å². The molecule has 30 heavy (non-hydrogen) atoms. The minimum Gasteiger partial charge on any atom is -0.494 e. The van der Waals surface area contributed by atoms with Crippen LogP contribution in [0.4, 0.5) is 4.39 Å². The SMILES string of the molecule is CCOc1ccc(S(=O)(=O)N2CCC[C@@](C)(C(=O)NCc3ccc(F)cc3)C2)cc1. The number of halogens is 1. The number of ether oxygens (including phenoxy) is 1. The molecule has 1 atom stereocenters. The molecule has 1 fully saturated rings. The van der Waals surface area contributed by atoms with Crippen molar-refractivity contribution >= 4 is 15.9 Å². The van der Waals surface area contributed by atoms with Gasteiger partial charge in [-0.15, -0.1) is 0 Å². The number of nitrogens with one attached hydrogen (secondary N) is 1.